The number of halogens is 1. The van der Waals surface area contributed by atoms with E-state index in [9.17, 15) is 0 Å². The van der Waals surface area contributed by atoms with Gasteiger partial charge >= 0.3 is 0 Å². The van der Waals surface area contributed by atoms with Crippen molar-refractivity contribution in [1.29, 1.82) is 0 Å². The Morgan fingerprint density at radius 2 is 1.84 bits per heavy atom. The summed E-state index contributed by atoms with van der Waals surface area (Å²) >= 11 is 3.48. The van der Waals surface area contributed by atoms with E-state index in [4.69, 9.17) is 9.47 Å². The minimum absolute atomic E-state index is 0.663. The first-order chi connectivity index (χ1) is 9.22. The molecular formula is C13H14BrN3O2. The molecule has 0 fully saturated rings. The molecule has 0 bridgehead atoms. The van der Waals surface area contributed by atoms with Gasteiger partial charge in [0, 0.05) is 25.0 Å². The topological polar surface area (TPSA) is 56.3 Å². The summed E-state index contributed by atoms with van der Waals surface area (Å²) in [7, 11) is 5.03. The van der Waals surface area contributed by atoms with Crippen molar-refractivity contribution < 1.29 is 9.47 Å². The molecule has 0 amide bonds. The lowest BCUT2D eigenvalue weighted by Gasteiger charge is -2.14. The standard InChI is InChI=1S/C13H14BrN3O2/c1-15-13-11(16-6-7-17-13)8-4-5-9(18-2)10(14)12(8)19-3/h4-7H,1-3H3,(H,15,17). The van der Waals surface area contributed by atoms with Gasteiger partial charge in [-0.05, 0) is 28.1 Å². The molecule has 1 N–H and O–H groups in total. The molecule has 0 saturated heterocycles. The van der Waals surface area contributed by atoms with Crippen LogP contribution in [0.15, 0.2) is 29.0 Å². The van der Waals surface area contributed by atoms with E-state index in [1.54, 1.807) is 33.7 Å². The van der Waals surface area contributed by atoms with Gasteiger partial charge in [-0.2, -0.15) is 0 Å². The van der Waals surface area contributed by atoms with Crippen LogP contribution in [0.4, 0.5) is 5.82 Å². The lowest BCUT2D eigenvalue weighted by molar-refractivity contribution is 0.390. The van der Waals surface area contributed by atoms with Crippen molar-refractivity contribution in [2.45, 2.75) is 0 Å². The van der Waals surface area contributed by atoms with E-state index in [1.165, 1.54) is 0 Å². The molecule has 1 aromatic carbocycles. The van der Waals surface area contributed by atoms with E-state index < -0.39 is 0 Å². The number of hydrogen-bond donors (Lipinski definition) is 1. The van der Waals surface area contributed by atoms with E-state index >= 15 is 0 Å². The highest BCUT2D eigenvalue weighted by Crippen LogP contribution is 2.42. The van der Waals surface area contributed by atoms with Gasteiger partial charge in [0.1, 0.15) is 21.7 Å². The first-order valence-electron chi connectivity index (χ1n) is 5.62. The quantitative estimate of drug-likeness (QED) is 0.937. The van der Waals surface area contributed by atoms with Crippen LogP contribution < -0.4 is 14.8 Å². The fraction of sp³-hybridized carbons (Fsp3) is 0.231. The third-order valence-corrected chi connectivity index (χ3v) is 3.43. The summed E-state index contributed by atoms with van der Waals surface area (Å²) < 4.78 is 11.5. The molecule has 0 atom stereocenters. The Hall–Kier alpha value is -1.82. The number of nitrogens with zero attached hydrogens (tertiary/aromatic N) is 2. The maximum atomic E-state index is 5.45. The molecule has 19 heavy (non-hydrogen) atoms. The van der Waals surface area contributed by atoms with E-state index in [0.717, 1.165) is 15.7 Å². The number of aromatic nitrogens is 2. The Morgan fingerprint density at radius 3 is 2.47 bits per heavy atom. The Labute approximate surface area is 120 Å². The zero-order valence-corrected chi connectivity index (χ0v) is 12.5. The first-order valence-corrected chi connectivity index (χ1v) is 6.41. The van der Waals surface area contributed by atoms with E-state index in [0.29, 0.717) is 17.3 Å². The second-order valence-electron chi connectivity index (χ2n) is 3.67. The molecule has 0 aliphatic rings. The lowest BCUT2D eigenvalue weighted by Crippen LogP contribution is -2.00. The Kier molecular flexibility index (Phi) is 4.21. The van der Waals surface area contributed by atoms with Crippen molar-refractivity contribution >= 4 is 21.7 Å². The van der Waals surface area contributed by atoms with E-state index in [1.807, 2.05) is 12.1 Å². The molecule has 0 unspecified atom stereocenters. The SMILES string of the molecule is CNc1nccnc1-c1ccc(OC)c(Br)c1OC. The first kappa shape index (κ1) is 13.6. The van der Waals surface area contributed by atoms with Gasteiger partial charge in [-0.1, -0.05) is 0 Å². The third kappa shape index (κ3) is 2.49. The summed E-state index contributed by atoms with van der Waals surface area (Å²) in [6.45, 7) is 0. The monoisotopic (exact) mass is 323 g/mol. The fourth-order valence-electron chi connectivity index (χ4n) is 1.80. The van der Waals surface area contributed by atoms with Crippen molar-refractivity contribution in [3.63, 3.8) is 0 Å². The predicted molar refractivity (Wildman–Crippen MR) is 77.8 cm³/mol. The van der Waals surface area contributed by atoms with Crippen molar-refractivity contribution in [3.8, 4) is 22.8 Å². The van der Waals surface area contributed by atoms with Gasteiger partial charge in [-0.15, -0.1) is 0 Å². The van der Waals surface area contributed by atoms with Gasteiger partial charge in [0.25, 0.3) is 0 Å². The van der Waals surface area contributed by atoms with Crippen LogP contribution in [0.3, 0.4) is 0 Å². The molecular weight excluding hydrogens is 310 g/mol. The van der Waals surface area contributed by atoms with Crippen LogP contribution in [-0.4, -0.2) is 31.2 Å². The molecule has 2 rings (SSSR count). The highest BCUT2D eigenvalue weighted by atomic mass is 79.9. The molecule has 1 aromatic heterocycles. The zero-order chi connectivity index (χ0) is 13.8. The molecule has 0 spiro atoms. The number of hydrogen-bond acceptors (Lipinski definition) is 5. The van der Waals surface area contributed by atoms with Crippen LogP contribution in [0.1, 0.15) is 0 Å². The van der Waals surface area contributed by atoms with Crippen molar-refractivity contribution in [2.75, 3.05) is 26.6 Å². The van der Waals surface area contributed by atoms with Crippen molar-refractivity contribution in [3.05, 3.63) is 29.0 Å². The smallest absolute Gasteiger partial charge is 0.152 e. The molecule has 0 aliphatic heterocycles. The number of rotatable bonds is 4. The number of ether oxygens (including phenoxy) is 2. The minimum Gasteiger partial charge on any atom is -0.495 e. The highest BCUT2D eigenvalue weighted by Gasteiger charge is 2.17. The average Bonchev–Trinajstić information content (AvgIpc) is 2.46. The summed E-state index contributed by atoms with van der Waals surface area (Å²) in [5.41, 5.74) is 1.57. The van der Waals surface area contributed by atoms with Crippen LogP contribution in [0.2, 0.25) is 0 Å². The van der Waals surface area contributed by atoms with Crippen LogP contribution in [0.5, 0.6) is 11.5 Å². The lowest BCUT2D eigenvalue weighted by atomic mass is 10.1. The van der Waals surface area contributed by atoms with Crippen LogP contribution >= 0.6 is 15.9 Å². The van der Waals surface area contributed by atoms with Gasteiger partial charge in [0.2, 0.25) is 0 Å². The van der Waals surface area contributed by atoms with Crippen LogP contribution in [0.25, 0.3) is 11.3 Å². The van der Waals surface area contributed by atoms with Gasteiger partial charge in [0.05, 0.1) is 14.2 Å². The summed E-state index contributed by atoms with van der Waals surface area (Å²) in [6, 6.07) is 3.75. The summed E-state index contributed by atoms with van der Waals surface area (Å²) in [4.78, 5) is 8.60. The second kappa shape index (κ2) is 5.88. The number of benzene rings is 1. The molecule has 0 radical (unpaired) electrons. The third-order valence-electron chi connectivity index (χ3n) is 2.68. The maximum Gasteiger partial charge on any atom is 0.152 e. The highest BCUT2D eigenvalue weighted by molar-refractivity contribution is 9.10. The zero-order valence-electron chi connectivity index (χ0n) is 10.9. The molecule has 100 valence electrons. The van der Waals surface area contributed by atoms with Gasteiger partial charge < -0.3 is 14.8 Å². The molecule has 1 heterocycles. The number of anilines is 1. The van der Waals surface area contributed by atoms with Crippen LogP contribution in [0, 0.1) is 0 Å². The second-order valence-corrected chi connectivity index (χ2v) is 4.46. The van der Waals surface area contributed by atoms with E-state index in [-0.39, 0.29) is 0 Å². The molecule has 5 nitrogen and oxygen atoms in total. The largest absolute Gasteiger partial charge is 0.495 e. The van der Waals surface area contributed by atoms with Crippen molar-refractivity contribution in [2.24, 2.45) is 0 Å². The van der Waals surface area contributed by atoms with Gasteiger partial charge in [-0.25, -0.2) is 4.98 Å². The molecule has 2 aromatic rings. The van der Waals surface area contributed by atoms with Crippen LogP contribution in [-0.2, 0) is 0 Å². The summed E-state index contributed by atoms with van der Waals surface area (Å²) in [5, 5.41) is 3.02. The maximum absolute atomic E-state index is 5.45. The average molecular weight is 324 g/mol. The molecule has 0 aliphatic carbocycles. The minimum atomic E-state index is 0.663. The molecule has 0 saturated carbocycles. The summed E-state index contributed by atoms with van der Waals surface area (Å²) in [5.74, 6) is 2.06. The number of nitrogens with one attached hydrogen (secondary N) is 1. The van der Waals surface area contributed by atoms with E-state index in [2.05, 4.69) is 31.2 Å². The normalized spacial score (nSPS) is 10.1. The summed E-state index contributed by atoms with van der Waals surface area (Å²) in [6.07, 6.45) is 3.29. The Balaban J connectivity index is 2.65. The van der Waals surface area contributed by atoms with Gasteiger partial charge in [0.15, 0.2) is 5.82 Å². The number of methoxy groups -OCH3 is 2. The van der Waals surface area contributed by atoms with Gasteiger partial charge in [-0.3, -0.25) is 4.98 Å². The Morgan fingerprint density at radius 1 is 1.11 bits per heavy atom. The van der Waals surface area contributed by atoms with Crippen molar-refractivity contribution in [1.82, 2.24) is 9.97 Å². The fourth-order valence-corrected chi connectivity index (χ4v) is 2.47. The Bertz CT molecular complexity index is 590. The predicted octanol–water partition coefficient (Wildman–Crippen LogP) is 2.97. The molecule has 6 heteroatoms.